The van der Waals surface area contributed by atoms with Gasteiger partial charge in [-0.1, -0.05) is 0 Å². The molecule has 3 heterocycles. The van der Waals surface area contributed by atoms with Gasteiger partial charge in [-0.05, 0) is 31.8 Å². The number of fused-ring (bicyclic) bond motifs is 3. The number of carbonyl (C=O) groups excluding carboxylic acids is 1. The van der Waals surface area contributed by atoms with Gasteiger partial charge in [-0.15, -0.1) is 0 Å². The van der Waals surface area contributed by atoms with Crippen molar-refractivity contribution in [3.8, 4) is 0 Å². The molecular weight excluding hydrogens is 208 g/mol. The molecule has 0 saturated carbocycles. The van der Waals surface area contributed by atoms with E-state index in [9.17, 15) is 9.59 Å². The van der Waals surface area contributed by atoms with Crippen LogP contribution >= 0.6 is 0 Å². The highest BCUT2D eigenvalue weighted by Gasteiger charge is 2.41. The second-order valence-electron chi connectivity index (χ2n) is 4.82. The SMILES string of the molecule is CC(=O)NC(C(=O)O)C1CN2CCC1CC2. The van der Waals surface area contributed by atoms with Crippen molar-refractivity contribution in [2.45, 2.75) is 25.8 Å². The van der Waals surface area contributed by atoms with Crippen LogP contribution in [0.15, 0.2) is 0 Å². The third-order valence-electron chi connectivity index (χ3n) is 3.76. The summed E-state index contributed by atoms with van der Waals surface area (Å²) in [6.45, 7) is 4.33. The molecule has 3 aliphatic heterocycles. The molecule has 5 heteroatoms. The van der Waals surface area contributed by atoms with Crippen LogP contribution in [0.25, 0.3) is 0 Å². The van der Waals surface area contributed by atoms with E-state index in [4.69, 9.17) is 5.11 Å². The summed E-state index contributed by atoms with van der Waals surface area (Å²) < 4.78 is 0. The average molecular weight is 226 g/mol. The van der Waals surface area contributed by atoms with Crippen molar-refractivity contribution in [2.24, 2.45) is 11.8 Å². The first-order valence-electron chi connectivity index (χ1n) is 5.80. The van der Waals surface area contributed by atoms with E-state index < -0.39 is 12.0 Å². The molecule has 0 aromatic rings. The number of nitrogens with one attached hydrogen (secondary N) is 1. The highest BCUT2D eigenvalue weighted by molar-refractivity contribution is 5.82. The number of hydrogen-bond donors (Lipinski definition) is 2. The highest BCUT2D eigenvalue weighted by atomic mass is 16.4. The van der Waals surface area contributed by atoms with Gasteiger partial charge < -0.3 is 15.3 Å². The van der Waals surface area contributed by atoms with Crippen molar-refractivity contribution in [2.75, 3.05) is 19.6 Å². The zero-order valence-corrected chi connectivity index (χ0v) is 9.48. The number of piperidine rings is 3. The lowest BCUT2D eigenvalue weighted by Crippen LogP contribution is -2.57. The van der Waals surface area contributed by atoms with E-state index in [0.29, 0.717) is 5.92 Å². The topological polar surface area (TPSA) is 69.6 Å². The van der Waals surface area contributed by atoms with Crippen molar-refractivity contribution < 1.29 is 14.7 Å². The second-order valence-corrected chi connectivity index (χ2v) is 4.82. The van der Waals surface area contributed by atoms with E-state index in [1.807, 2.05) is 0 Å². The normalized spacial score (nSPS) is 34.4. The van der Waals surface area contributed by atoms with Gasteiger partial charge in [0.1, 0.15) is 6.04 Å². The van der Waals surface area contributed by atoms with E-state index in [0.717, 1.165) is 32.5 Å². The van der Waals surface area contributed by atoms with Crippen LogP contribution in [-0.2, 0) is 9.59 Å². The summed E-state index contributed by atoms with van der Waals surface area (Å²) in [6.07, 6.45) is 2.13. The van der Waals surface area contributed by atoms with Crippen molar-refractivity contribution in [3.63, 3.8) is 0 Å². The molecule has 3 fully saturated rings. The van der Waals surface area contributed by atoms with Gasteiger partial charge in [0, 0.05) is 19.4 Å². The molecule has 3 saturated heterocycles. The van der Waals surface area contributed by atoms with E-state index >= 15 is 0 Å². The maximum absolute atomic E-state index is 11.2. The Bertz CT molecular complexity index is 298. The fourth-order valence-corrected chi connectivity index (χ4v) is 2.96. The van der Waals surface area contributed by atoms with Gasteiger partial charge in [0.25, 0.3) is 0 Å². The smallest absolute Gasteiger partial charge is 0.326 e. The van der Waals surface area contributed by atoms with Crippen molar-refractivity contribution >= 4 is 11.9 Å². The summed E-state index contributed by atoms with van der Waals surface area (Å²) in [5.74, 6) is -0.639. The van der Waals surface area contributed by atoms with Crippen LogP contribution in [-0.4, -0.2) is 47.6 Å². The molecule has 2 N–H and O–H groups in total. The number of aliphatic carboxylic acids is 1. The van der Waals surface area contributed by atoms with Crippen LogP contribution in [0.3, 0.4) is 0 Å². The Morgan fingerprint density at radius 1 is 1.38 bits per heavy atom. The number of carboxylic acids is 1. The Kier molecular flexibility index (Phi) is 3.14. The first-order valence-corrected chi connectivity index (χ1v) is 5.80. The van der Waals surface area contributed by atoms with Crippen LogP contribution in [0.4, 0.5) is 0 Å². The van der Waals surface area contributed by atoms with Crippen molar-refractivity contribution in [1.82, 2.24) is 10.2 Å². The molecule has 0 aromatic heterocycles. The third kappa shape index (κ3) is 2.19. The molecule has 5 nitrogen and oxygen atoms in total. The highest BCUT2D eigenvalue weighted by Crippen LogP contribution is 2.34. The monoisotopic (exact) mass is 226 g/mol. The number of amides is 1. The molecule has 3 rings (SSSR count). The largest absolute Gasteiger partial charge is 0.480 e. The second kappa shape index (κ2) is 4.41. The molecule has 2 bridgehead atoms. The van der Waals surface area contributed by atoms with Crippen LogP contribution in [0.1, 0.15) is 19.8 Å². The van der Waals surface area contributed by atoms with Crippen LogP contribution in [0, 0.1) is 11.8 Å². The standard InChI is InChI=1S/C11H18N2O3/c1-7(14)12-10(11(15)16)9-6-13-4-2-8(9)3-5-13/h8-10H,2-6H2,1H3,(H,12,14)(H,15,16). The zero-order chi connectivity index (χ0) is 11.7. The van der Waals surface area contributed by atoms with Gasteiger partial charge in [-0.2, -0.15) is 0 Å². The average Bonchev–Trinajstić information content (AvgIpc) is 2.27. The van der Waals surface area contributed by atoms with Crippen LogP contribution in [0.2, 0.25) is 0 Å². The fourth-order valence-electron chi connectivity index (χ4n) is 2.96. The predicted molar refractivity (Wildman–Crippen MR) is 57.9 cm³/mol. The lowest BCUT2D eigenvalue weighted by atomic mass is 9.75. The first-order chi connectivity index (χ1) is 7.58. The minimum Gasteiger partial charge on any atom is -0.480 e. The molecule has 1 amide bonds. The number of carbonyl (C=O) groups is 2. The lowest BCUT2D eigenvalue weighted by molar-refractivity contribution is -0.145. The predicted octanol–water partition coefficient (Wildman–Crippen LogP) is -0.0825. The molecule has 2 unspecified atom stereocenters. The Balaban J connectivity index is 2.08. The van der Waals surface area contributed by atoms with Crippen molar-refractivity contribution in [1.29, 1.82) is 0 Å². The molecule has 16 heavy (non-hydrogen) atoms. The van der Waals surface area contributed by atoms with E-state index in [1.165, 1.54) is 6.92 Å². The summed E-state index contributed by atoms with van der Waals surface area (Å²) in [4.78, 5) is 24.5. The summed E-state index contributed by atoms with van der Waals surface area (Å²) >= 11 is 0. The van der Waals surface area contributed by atoms with Gasteiger partial charge in [-0.3, -0.25) is 4.79 Å². The number of hydrogen-bond acceptors (Lipinski definition) is 3. The molecular formula is C11H18N2O3. The molecule has 3 aliphatic rings. The van der Waals surface area contributed by atoms with E-state index in [1.54, 1.807) is 0 Å². The number of carboxylic acid groups (broad SMARTS) is 1. The third-order valence-corrected chi connectivity index (χ3v) is 3.76. The molecule has 0 aromatic carbocycles. The first kappa shape index (κ1) is 11.4. The Morgan fingerprint density at radius 2 is 2.00 bits per heavy atom. The number of nitrogens with zero attached hydrogens (tertiary/aromatic N) is 1. The van der Waals surface area contributed by atoms with Crippen LogP contribution in [0.5, 0.6) is 0 Å². The Morgan fingerprint density at radius 3 is 2.38 bits per heavy atom. The summed E-state index contributed by atoms with van der Waals surface area (Å²) in [5, 5.41) is 11.7. The maximum Gasteiger partial charge on any atom is 0.326 e. The fraction of sp³-hybridized carbons (Fsp3) is 0.818. The minimum atomic E-state index is -0.908. The quantitative estimate of drug-likeness (QED) is 0.706. The van der Waals surface area contributed by atoms with Gasteiger partial charge in [0.15, 0.2) is 0 Å². The molecule has 0 radical (unpaired) electrons. The lowest BCUT2D eigenvalue weighted by Gasteiger charge is -2.46. The van der Waals surface area contributed by atoms with E-state index in [2.05, 4.69) is 10.2 Å². The van der Waals surface area contributed by atoms with Gasteiger partial charge >= 0.3 is 5.97 Å². The summed E-state index contributed by atoms with van der Waals surface area (Å²) in [5.41, 5.74) is 0. The summed E-state index contributed by atoms with van der Waals surface area (Å²) in [6, 6.07) is -0.717. The summed E-state index contributed by atoms with van der Waals surface area (Å²) in [7, 11) is 0. The van der Waals surface area contributed by atoms with Gasteiger partial charge in [-0.25, -0.2) is 4.79 Å². The van der Waals surface area contributed by atoms with Gasteiger partial charge in [0.05, 0.1) is 0 Å². The van der Waals surface area contributed by atoms with Crippen molar-refractivity contribution in [3.05, 3.63) is 0 Å². The molecule has 0 spiro atoms. The van der Waals surface area contributed by atoms with Crippen LogP contribution < -0.4 is 5.32 Å². The maximum atomic E-state index is 11.2. The molecule has 90 valence electrons. The number of rotatable bonds is 3. The Labute approximate surface area is 94.8 Å². The minimum absolute atomic E-state index is 0.0731. The molecule has 2 atom stereocenters. The Hall–Kier alpha value is -1.10. The van der Waals surface area contributed by atoms with Gasteiger partial charge in [0.2, 0.25) is 5.91 Å². The van der Waals surface area contributed by atoms with E-state index in [-0.39, 0.29) is 11.8 Å². The molecule has 0 aliphatic carbocycles. The zero-order valence-electron chi connectivity index (χ0n) is 9.48.